The van der Waals surface area contributed by atoms with Crippen LogP contribution in [0.25, 0.3) is 0 Å². The Morgan fingerprint density at radius 3 is 2.39 bits per heavy atom. The highest BCUT2D eigenvalue weighted by Gasteiger charge is 2.17. The van der Waals surface area contributed by atoms with Crippen molar-refractivity contribution >= 4 is 27.3 Å². The van der Waals surface area contributed by atoms with Crippen LogP contribution in [0.4, 0.5) is 5.69 Å². The van der Waals surface area contributed by atoms with Crippen LogP contribution in [0.5, 0.6) is 11.5 Å². The number of benzene rings is 1. The zero-order valence-corrected chi connectivity index (χ0v) is 13.8. The van der Waals surface area contributed by atoms with Gasteiger partial charge >= 0.3 is 0 Å². The van der Waals surface area contributed by atoms with Gasteiger partial charge in [-0.05, 0) is 18.6 Å². The highest BCUT2D eigenvalue weighted by Crippen LogP contribution is 2.29. The summed E-state index contributed by atoms with van der Waals surface area (Å²) >= 11 is 0. The molecule has 3 N–H and O–H groups in total. The molecule has 1 aromatic rings. The fourth-order valence-electron chi connectivity index (χ4n) is 1.85. The number of sulfone groups is 1. The van der Waals surface area contributed by atoms with E-state index in [2.05, 4.69) is 5.32 Å². The van der Waals surface area contributed by atoms with Gasteiger partial charge in [0.15, 0.2) is 21.3 Å². The first-order chi connectivity index (χ1) is 10.8. The standard InChI is InChI=1S/C14H20N2O6S/c1-21-11-6-5-10(8-12(11)22-2)16-14(18)9-23(19,20)7-3-4-13(15)17/h5-6,8H,3-4,7,9H2,1-2H3,(H2,15,17)(H,16,18). The quantitative estimate of drug-likeness (QED) is 0.665. The molecule has 0 bridgehead atoms. The molecule has 8 nitrogen and oxygen atoms in total. The van der Waals surface area contributed by atoms with Crippen LogP contribution >= 0.6 is 0 Å². The van der Waals surface area contributed by atoms with Crippen LogP contribution in [-0.4, -0.2) is 46.0 Å². The molecule has 1 rings (SSSR count). The minimum absolute atomic E-state index is 0.0312. The molecule has 2 amide bonds. The predicted molar refractivity (Wildman–Crippen MR) is 85.3 cm³/mol. The third kappa shape index (κ3) is 6.55. The van der Waals surface area contributed by atoms with Crippen molar-refractivity contribution in [3.63, 3.8) is 0 Å². The summed E-state index contributed by atoms with van der Waals surface area (Å²) in [6, 6.07) is 4.69. The molecule has 0 aliphatic heterocycles. The number of primary amides is 1. The third-order valence-corrected chi connectivity index (χ3v) is 4.51. The molecule has 0 heterocycles. The molecule has 0 atom stereocenters. The first-order valence-electron chi connectivity index (χ1n) is 6.78. The van der Waals surface area contributed by atoms with Gasteiger partial charge in [0.25, 0.3) is 0 Å². The first-order valence-corrected chi connectivity index (χ1v) is 8.60. The SMILES string of the molecule is COc1ccc(NC(=O)CS(=O)(=O)CCCC(N)=O)cc1OC. The van der Waals surface area contributed by atoms with Crippen LogP contribution in [-0.2, 0) is 19.4 Å². The van der Waals surface area contributed by atoms with Crippen molar-refractivity contribution < 1.29 is 27.5 Å². The largest absolute Gasteiger partial charge is 0.493 e. The highest BCUT2D eigenvalue weighted by molar-refractivity contribution is 7.92. The number of rotatable bonds is 9. The maximum atomic E-state index is 11.8. The number of methoxy groups -OCH3 is 2. The van der Waals surface area contributed by atoms with E-state index in [9.17, 15) is 18.0 Å². The van der Waals surface area contributed by atoms with Crippen molar-refractivity contribution in [3.05, 3.63) is 18.2 Å². The number of hydrogen-bond acceptors (Lipinski definition) is 6. The Balaban J connectivity index is 2.64. The number of ether oxygens (including phenoxy) is 2. The molecule has 0 saturated heterocycles. The van der Waals surface area contributed by atoms with Crippen LogP contribution in [0.3, 0.4) is 0 Å². The second kappa shape index (κ2) is 8.37. The van der Waals surface area contributed by atoms with Gasteiger partial charge in [0, 0.05) is 18.2 Å². The number of amides is 2. The van der Waals surface area contributed by atoms with Crippen molar-refractivity contribution in [2.24, 2.45) is 5.73 Å². The van der Waals surface area contributed by atoms with E-state index in [1.165, 1.54) is 20.3 Å². The van der Waals surface area contributed by atoms with E-state index in [1.807, 2.05) is 0 Å². The molecule has 128 valence electrons. The zero-order valence-electron chi connectivity index (χ0n) is 13.0. The van der Waals surface area contributed by atoms with Gasteiger partial charge in [-0.25, -0.2) is 8.42 Å². The van der Waals surface area contributed by atoms with Gasteiger partial charge < -0.3 is 20.5 Å². The second-order valence-electron chi connectivity index (χ2n) is 4.78. The Bertz CT molecular complexity index is 672. The van der Waals surface area contributed by atoms with Crippen LogP contribution in [0, 0.1) is 0 Å². The predicted octanol–water partition coefficient (Wildman–Crippen LogP) is 0.323. The average molecular weight is 344 g/mol. The van der Waals surface area contributed by atoms with E-state index in [0.717, 1.165) is 0 Å². The normalized spacial score (nSPS) is 10.9. The van der Waals surface area contributed by atoms with Gasteiger partial charge in [0.2, 0.25) is 11.8 Å². The molecule has 23 heavy (non-hydrogen) atoms. The Morgan fingerprint density at radius 2 is 1.83 bits per heavy atom. The Labute approximate surface area is 134 Å². The zero-order chi connectivity index (χ0) is 17.5. The smallest absolute Gasteiger partial charge is 0.239 e. The molecular weight excluding hydrogens is 324 g/mol. The summed E-state index contributed by atoms with van der Waals surface area (Å²) in [6.07, 6.45) is 0.0673. The molecule has 0 aliphatic rings. The molecule has 0 aromatic heterocycles. The lowest BCUT2D eigenvalue weighted by Gasteiger charge is -2.10. The Morgan fingerprint density at radius 1 is 1.17 bits per heavy atom. The number of carbonyl (C=O) groups excluding carboxylic acids is 2. The van der Waals surface area contributed by atoms with E-state index >= 15 is 0 Å². The van der Waals surface area contributed by atoms with E-state index in [1.54, 1.807) is 12.1 Å². The Kier molecular flexibility index (Phi) is 6.83. The maximum Gasteiger partial charge on any atom is 0.239 e. The summed E-state index contributed by atoms with van der Waals surface area (Å²) in [5.41, 5.74) is 5.33. The number of nitrogens with one attached hydrogen (secondary N) is 1. The van der Waals surface area contributed by atoms with Crippen LogP contribution in [0.1, 0.15) is 12.8 Å². The number of hydrogen-bond donors (Lipinski definition) is 2. The van der Waals surface area contributed by atoms with Gasteiger partial charge in [-0.2, -0.15) is 0 Å². The molecule has 1 aromatic carbocycles. The Hall–Kier alpha value is -2.29. The topological polar surface area (TPSA) is 125 Å². The summed E-state index contributed by atoms with van der Waals surface area (Å²) < 4.78 is 33.7. The van der Waals surface area contributed by atoms with Crippen LogP contribution < -0.4 is 20.5 Å². The first kappa shape index (κ1) is 18.8. The van der Waals surface area contributed by atoms with Crippen molar-refractivity contribution in [2.75, 3.05) is 31.0 Å². The fourth-order valence-corrected chi connectivity index (χ4v) is 3.05. The van der Waals surface area contributed by atoms with E-state index < -0.39 is 27.4 Å². The molecular formula is C14H20N2O6S. The lowest BCUT2D eigenvalue weighted by Crippen LogP contribution is -2.25. The van der Waals surface area contributed by atoms with Crippen molar-refractivity contribution in [1.82, 2.24) is 0 Å². The minimum atomic E-state index is -3.60. The number of nitrogens with two attached hydrogens (primary N) is 1. The molecule has 0 aliphatic carbocycles. The maximum absolute atomic E-state index is 11.8. The molecule has 0 saturated carbocycles. The summed E-state index contributed by atoms with van der Waals surface area (Å²) in [5, 5.41) is 2.48. The lowest BCUT2D eigenvalue weighted by molar-refractivity contribution is -0.118. The van der Waals surface area contributed by atoms with Crippen molar-refractivity contribution in [1.29, 1.82) is 0 Å². The molecule has 9 heteroatoms. The monoisotopic (exact) mass is 344 g/mol. The van der Waals surface area contributed by atoms with E-state index in [-0.39, 0.29) is 18.6 Å². The van der Waals surface area contributed by atoms with Gasteiger partial charge in [0.1, 0.15) is 5.75 Å². The van der Waals surface area contributed by atoms with Gasteiger partial charge in [-0.15, -0.1) is 0 Å². The fraction of sp³-hybridized carbons (Fsp3) is 0.429. The number of carbonyl (C=O) groups is 2. The van der Waals surface area contributed by atoms with Gasteiger partial charge in [-0.1, -0.05) is 0 Å². The number of anilines is 1. The van der Waals surface area contributed by atoms with Crippen molar-refractivity contribution in [3.8, 4) is 11.5 Å². The third-order valence-electron chi connectivity index (χ3n) is 2.90. The lowest BCUT2D eigenvalue weighted by atomic mass is 10.2. The van der Waals surface area contributed by atoms with Crippen LogP contribution in [0.15, 0.2) is 18.2 Å². The van der Waals surface area contributed by atoms with Gasteiger partial charge in [0.05, 0.1) is 20.0 Å². The summed E-state index contributed by atoms with van der Waals surface area (Å²) in [7, 11) is -0.669. The highest BCUT2D eigenvalue weighted by atomic mass is 32.2. The van der Waals surface area contributed by atoms with E-state index in [0.29, 0.717) is 17.2 Å². The van der Waals surface area contributed by atoms with Gasteiger partial charge in [-0.3, -0.25) is 9.59 Å². The van der Waals surface area contributed by atoms with E-state index in [4.69, 9.17) is 15.2 Å². The van der Waals surface area contributed by atoms with Crippen molar-refractivity contribution in [2.45, 2.75) is 12.8 Å². The summed E-state index contributed by atoms with van der Waals surface area (Å²) in [5.74, 6) is -1.28. The second-order valence-corrected chi connectivity index (χ2v) is 6.96. The summed E-state index contributed by atoms with van der Waals surface area (Å²) in [4.78, 5) is 22.4. The molecule has 0 radical (unpaired) electrons. The average Bonchev–Trinajstić information content (AvgIpc) is 2.45. The molecule has 0 spiro atoms. The minimum Gasteiger partial charge on any atom is -0.493 e. The molecule has 0 unspecified atom stereocenters. The molecule has 0 fully saturated rings. The summed E-state index contributed by atoms with van der Waals surface area (Å²) in [6.45, 7) is 0. The van der Waals surface area contributed by atoms with Crippen LogP contribution in [0.2, 0.25) is 0 Å².